The minimum absolute atomic E-state index is 0.0822. The third kappa shape index (κ3) is 7.97. The number of anilines is 2. The fourth-order valence-electron chi connectivity index (χ4n) is 10.1. The quantitative estimate of drug-likeness (QED) is 0.134. The lowest BCUT2D eigenvalue weighted by atomic mass is 9.65. The van der Waals surface area contributed by atoms with Crippen molar-refractivity contribution in [3.8, 4) is 5.75 Å². The molecule has 2 aromatic carbocycles. The lowest BCUT2D eigenvalue weighted by Crippen LogP contribution is -2.58. The minimum Gasteiger partial charge on any atom is -0.494 e. The van der Waals surface area contributed by atoms with Crippen LogP contribution in [0, 0.1) is 17.3 Å². The number of rotatable bonds is 11. The first kappa shape index (κ1) is 40.6. The molecule has 5 amide bonds. The van der Waals surface area contributed by atoms with Gasteiger partial charge in [-0.3, -0.25) is 34.2 Å². The first-order valence-corrected chi connectivity index (χ1v) is 21.2. The van der Waals surface area contributed by atoms with E-state index in [-0.39, 0.29) is 30.0 Å². The molecule has 2 aliphatic carbocycles. The van der Waals surface area contributed by atoms with E-state index in [1.807, 2.05) is 6.07 Å². The molecule has 14 nitrogen and oxygen atoms in total. The number of ether oxygens (including phenoxy) is 1. The van der Waals surface area contributed by atoms with Gasteiger partial charge in [-0.25, -0.2) is 9.97 Å². The number of nitrogens with zero attached hydrogens (tertiary/aromatic N) is 4. The monoisotopic (exact) mass is 837 g/mol. The van der Waals surface area contributed by atoms with Crippen molar-refractivity contribution in [1.82, 2.24) is 25.1 Å². The van der Waals surface area contributed by atoms with Crippen LogP contribution in [0.4, 0.5) is 20.2 Å². The molecule has 2 saturated heterocycles. The van der Waals surface area contributed by atoms with Gasteiger partial charge in [0.25, 0.3) is 23.6 Å². The summed E-state index contributed by atoms with van der Waals surface area (Å²) in [7, 11) is 1.48. The number of likely N-dealkylation sites (tertiary alicyclic amines) is 1. The summed E-state index contributed by atoms with van der Waals surface area (Å²) in [5.74, 6) is -3.57. The third-order valence-electron chi connectivity index (χ3n) is 13.5. The smallest absolute Gasteiger partial charge is 0.287 e. The van der Waals surface area contributed by atoms with Gasteiger partial charge >= 0.3 is 0 Å². The molecule has 2 saturated carbocycles. The van der Waals surface area contributed by atoms with Crippen LogP contribution in [0.2, 0.25) is 0 Å². The molecule has 0 radical (unpaired) electrons. The highest BCUT2D eigenvalue weighted by Crippen LogP contribution is 2.47. The molecule has 16 heteroatoms. The fraction of sp³-hybridized carbons (Fsp3) is 0.489. The summed E-state index contributed by atoms with van der Waals surface area (Å²) in [6.07, 6.45) is 8.80. The van der Waals surface area contributed by atoms with Crippen LogP contribution in [0.5, 0.6) is 5.75 Å². The molecule has 3 aliphatic heterocycles. The number of hydrogen-bond acceptors (Lipinski definition) is 11. The topological polar surface area (TPSA) is 176 Å². The highest BCUT2D eigenvalue weighted by Gasteiger charge is 2.47. The minimum atomic E-state index is -3.18. The molecular formula is C45H49F2N7O7. The second kappa shape index (κ2) is 15.9. The molecule has 1 spiro atoms. The maximum absolute atomic E-state index is 13.8. The van der Waals surface area contributed by atoms with Crippen LogP contribution >= 0.6 is 0 Å². The zero-order chi connectivity index (χ0) is 42.6. The summed E-state index contributed by atoms with van der Waals surface area (Å²) in [6.45, 7) is 4.75. The average molecular weight is 838 g/mol. The summed E-state index contributed by atoms with van der Waals surface area (Å²) in [5.41, 5.74) is 2.35. The Morgan fingerprint density at radius 3 is 2.41 bits per heavy atom. The molecule has 1 atom stereocenters. The zero-order valence-electron chi connectivity index (χ0n) is 34.2. The first-order chi connectivity index (χ1) is 29.3. The first-order valence-electron chi connectivity index (χ1n) is 21.2. The molecule has 2 aromatic heterocycles. The van der Waals surface area contributed by atoms with Crippen LogP contribution in [0.1, 0.15) is 120 Å². The van der Waals surface area contributed by atoms with E-state index < -0.39 is 47.2 Å². The predicted octanol–water partition coefficient (Wildman–Crippen LogP) is 6.87. The SMILES string of the molecule is COc1cc2nc([C@H]3CC[C@H](CN4CC5(CCC(CNc6cccc7c6C(=O)N(C6CCC(=O)NC6=O)C7=O)CC5)C4)CC3)oc2cc1NC(=O)c1cccc(C(C)(F)F)n1. The highest BCUT2D eigenvalue weighted by atomic mass is 19.3. The van der Waals surface area contributed by atoms with Crippen molar-refractivity contribution in [2.24, 2.45) is 17.3 Å². The van der Waals surface area contributed by atoms with Crippen LogP contribution < -0.4 is 20.7 Å². The molecule has 4 fully saturated rings. The van der Waals surface area contributed by atoms with Gasteiger partial charge in [0.1, 0.15) is 28.7 Å². The normalized spacial score (nSPS) is 23.2. The number of nitrogens with one attached hydrogen (secondary N) is 3. The second-order valence-electron chi connectivity index (χ2n) is 17.7. The molecular weight excluding hydrogens is 789 g/mol. The lowest BCUT2D eigenvalue weighted by Gasteiger charge is -2.54. The third-order valence-corrected chi connectivity index (χ3v) is 13.5. The maximum atomic E-state index is 13.8. The van der Waals surface area contributed by atoms with Crippen LogP contribution in [-0.4, -0.2) is 88.6 Å². The van der Waals surface area contributed by atoms with Gasteiger partial charge in [-0.2, -0.15) is 8.78 Å². The molecule has 0 bridgehead atoms. The van der Waals surface area contributed by atoms with Crippen LogP contribution in [0.3, 0.4) is 0 Å². The van der Waals surface area contributed by atoms with E-state index >= 15 is 0 Å². The Morgan fingerprint density at radius 2 is 1.69 bits per heavy atom. The fourth-order valence-corrected chi connectivity index (χ4v) is 10.1. The standard InChI is InChI=1S/C45H49F2N7O7/c1-44(46,47)36-8-4-7-30(49-36)39(56)50-31-20-35-32(19-34(31)60-2)51-41(61-35)27-11-9-26(10-12-27)22-53-23-45(24-53)17-15-25(16-18-45)21-48-29-6-3-5-28-38(29)43(59)54(42(28)58)33-13-14-37(55)52-40(33)57/h3-8,19-20,25-27,33,48H,9-18,21-24H2,1-2H3,(H,50,56)(H,52,55,57)/t26-,27-,33?. The van der Waals surface area contributed by atoms with E-state index in [1.165, 1.54) is 25.3 Å². The summed E-state index contributed by atoms with van der Waals surface area (Å²) >= 11 is 0. The van der Waals surface area contributed by atoms with E-state index in [9.17, 15) is 32.8 Å². The zero-order valence-corrected chi connectivity index (χ0v) is 34.2. The molecule has 1 unspecified atom stereocenters. The number of oxazole rings is 1. The van der Waals surface area contributed by atoms with Gasteiger partial charge in [0.15, 0.2) is 11.5 Å². The number of pyridine rings is 1. The Morgan fingerprint density at radius 1 is 0.934 bits per heavy atom. The maximum Gasteiger partial charge on any atom is 0.287 e. The Hall–Kier alpha value is -5.77. The molecule has 3 N–H and O–H groups in total. The van der Waals surface area contributed by atoms with E-state index in [0.29, 0.717) is 63.5 Å². The van der Waals surface area contributed by atoms with Gasteiger partial charge in [-0.15, -0.1) is 0 Å². The number of alkyl halides is 2. The number of halogens is 2. The summed E-state index contributed by atoms with van der Waals surface area (Å²) in [6, 6.07) is 11.5. The van der Waals surface area contributed by atoms with E-state index in [4.69, 9.17) is 14.1 Å². The van der Waals surface area contributed by atoms with Gasteiger partial charge in [-0.1, -0.05) is 12.1 Å². The van der Waals surface area contributed by atoms with Crippen LogP contribution in [-0.2, 0) is 15.5 Å². The summed E-state index contributed by atoms with van der Waals surface area (Å²) in [5, 5.41) is 8.44. The van der Waals surface area contributed by atoms with Gasteiger partial charge in [0, 0.05) is 63.3 Å². The van der Waals surface area contributed by atoms with Crippen molar-refractivity contribution in [3.05, 3.63) is 76.9 Å². The van der Waals surface area contributed by atoms with Gasteiger partial charge in [-0.05, 0) is 99.3 Å². The predicted molar refractivity (Wildman–Crippen MR) is 219 cm³/mol. The molecule has 5 heterocycles. The molecule has 5 aliphatic rings. The number of carbonyl (C=O) groups excluding carboxylic acids is 5. The number of imide groups is 2. The van der Waals surface area contributed by atoms with Crippen molar-refractivity contribution in [2.75, 3.05) is 43.9 Å². The Balaban J connectivity index is 0.732. The Bertz CT molecular complexity index is 2410. The van der Waals surface area contributed by atoms with Crippen LogP contribution in [0.15, 0.2) is 52.9 Å². The number of aromatic nitrogens is 2. The number of methoxy groups -OCH3 is 1. The van der Waals surface area contributed by atoms with E-state index in [2.05, 4.69) is 25.8 Å². The van der Waals surface area contributed by atoms with Crippen molar-refractivity contribution in [2.45, 2.75) is 89.0 Å². The van der Waals surface area contributed by atoms with Gasteiger partial charge < -0.3 is 24.7 Å². The number of benzene rings is 2. The molecule has 4 aromatic rings. The van der Waals surface area contributed by atoms with Crippen molar-refractivity contribution in [3.63, 3.8) is 0 Å². The largest absolute Gasteiger partial charge is 0.494 e. The summed E-state index contributed by atoms with van der Waals surface area (Å²) < 4.78 is 39.4. The Kier molecular flexibility index (Phi) is 10.6. The Labute approximate surface area is 351 Å². The average Bonchev–Trinajstić information content (AvgIpc) is 3.76. The summed E-state index contributed by atoms with van der Waals surface area (Å²) in [4.78, 5) is 76.2. The molecule has 320 valence electrons. The van der Waals surface area contributed by atoms with Crippen molar-refractivity contribution in [1.29, 1.82) is 0 Å². The van der Waals surface area contributed by atoms with Gasteiger partial charge in [0.05, 0.1) is 23.9 Å². The lowest BCUT2D eigenvalue weighted by molar-refractivity contribution is -0.136. The van der Waals surface area contributed by atoms with Crippen LogP contribution in [0.25, 0.3) is 11.1 Å². The molecule has 61 heavy (non-hydrogen) atoms. The number of hydrogen-bond donors (Lipinski definition) is 3. The number of piperidine rings is 1. The number of amides is 5. The highest BCUT2D eigenvalue weighted by molar-refractivity contribution is 6.25. The molecule has 9 rings (SSSR count). The van der Waals surface area contributed by atoms with Crippen molar-refractivity contribution >= 4 is 52.0 Å². The number of carbonyl (C=O) groups is 5. The number of fused-ring (bicyclic) bond motifs is 2. The second-order valence-corrected chi connectivity index (χ2v) is 17.7. The van der Waals surface area contributed by atoms with Gasteiger partial charge in [0.2, 0.25) is 11.8 Å². The van der Waals surface area contributed by atoms with Crippen molar-refractivity contribution < 1.29 is 41.9 Å². The van der Waals surface area contributed by atoms with E-state index in [0.717, 1.165) is 82.8 Å². The van der Waals surface area contributed by atoms with E-state index in [1.54, 1.807) is 24.3 Å².